The third-order valence-corrected chi connectivity index (χ3v) is 8.49. The molecule has 0 aliphatic carbocycles. The van der Waals surface area contributed by atoms with Crippen LogP contribution < -0.4 is 5.32 Å². The van der Waals surface area contributed by atoms with Crippen molar-refractivity contribution in [1.82, 2.24) is 9.88 Å². The van der Waals surface area contributed by atoms with Gasteiger partial charge in [-0.25, -0.2) is 0 Å². The Bertz CT molecular complexity index is 1070. The second-order valence-corrected chi connectivity index (χ2v) is 11.2. The number of ether oxygens (including phenoxy) is 2. The molecular formula is C26H35ClN4O3S. The second-order valence-electron chi connectivity index (χ2n) is 9.71. The second kappa shape index (κ2) is 11.5. The van der Waals surface area contributed by atoms with Gasteiger partial charge in [0.05, 0.1) is 35.5 Å². The number of nitrogens with zero attached hydrogens (tertiary/aromatic N) is 2. The van der Waals surface area contributed by atoms with Crippen LogP contribution in [-0.4, -0.2) is 78.2 Å². The summed E-state index contributed by atoms with van der Waals surface area (Å²) in [6.07, 6.45) is 5.01. The molecule has 1 aromatic carbocycles. The molecule has 0 amide bonds. The molecule has 2 N–H and O–H groups in total. The molecular weight excluding hydrogens is 484 g/mol. The van der Waals surface area contributed by atoms with Crippen LogP contribution in [0.15, 0.2) is 23.2 Å². The number of aromatic amines is 1. The number of aliphatic imine (C=N–C) groups is 1. The number of carbonyl (C=O) groups is 1. The van der Waals surface area contributed by atoms with Gasteiger partial charge in [-0.1, -0.05) is 11.6 Å². The average Bonchev–Trinajstić information content (AvgIpc) is 3.51. The van der Waals surface area contributed by atoms with Gasteiger partial charge in [0.2, 0.25) is 0 Å². The quantitative estimate of drug-likeness (QED) is 0.482. The number of carbonyl (C=O) groups excluding carboxylic acids is 1. The van der Waals surface area contributed by atoms with Gasteiger partial charge in [0.15, 0.2) is 0 Å². The fourth-order valence-corrected chi connectivity index (χ4v) is 6.56. The molecule has 2 saturated heterocycles. The Labute approximate surface area is 216 Å². The van der Waals surface area contributed by atoms with Crippen LogP contribution in [0, 0.1) is 5.92 Å². The molecule has 190 valence electrons. The lowest BCUT2D eigenvalue weighted by atomic mass is 9.98. The number of piperidine rings is 1. The molecule has 0 bridgehead atoms. The van der Waals surface area contributed by atoms with Gasteiger partial charge in [-0.2, -0.15) is 0 Å². The van der Waals surface area contributed by atoms with E-state index in [1.165, 1.54) is 0 Å². The smallest absolute Gasteiger partial charge is 0.310 e. The van der Waals surface area contributed by atoms with Crippen LogP contribution in [0.5, 0.6) is 0 Å². The van der Waals surface area contributed by atoms with Crippen LogP contribution in [0.25, 0.3) is 10.9 Å². The lowest BCUT2D eigenvalue weighted by Crippen LogP contribution is -2.40. The van der Waals surface area contributed by atoms with Gasteiger partial charge in [-0.15, -0.1) is 11.8 Å². The number of H-pyrrole nitrogens is 1. The number of anilines is 1. The highest BCUT2D eigenvalue weighted by molar-refractivity contribution is 8.14. The van der Waals surface area contributed by atoms with E-state index in [-0.39, 0.29) is 11.9 Å². The summed E-state index contributed by atoms with van der Waals surface area (Å²) in [6, 6.07) is 6.89. The Morgan fingerprint density at radius 1 is 1.31 bits per heavy atom. The van der Waals surface area contributed by atoms with Crippen LogP contribution in [-0.2, 0) is 14.3 Å². The van der Waals surface area contributed by atoms with Crippen molar-refractivity contribution in [2.75, 3.05) is 50.5 Å². The van der Waals surface area contributed by atoms with Crippen molar-refractivity contribution < 1.29 is 14.3 Å². The molecule has 4 heterocycles. The summed E-state index contributed by atoms with van der Waals surface area (Å²) in [5.41, 5.74) is 3.19. The number of esters is 1. The van der Waals surface area contributed by atoms with Crippen molar-refractivity contribution in [3.05, 3.63) is 28.9 Å². The largest absolute Gasteiger partial charge is 0.466 e. The van der Waals surface area contributed by atoms with Crippen LogP contribution in [0.1, 0.15) is 44.7 Å². The maximum Gasteiger partial charge on any atom is 0.310 e. The Morgan fingerprint density at radius 3 is 3.00 bits per heavy atom. The van der Waals surface area contributed by atoms with Crippen LogP contribution in [0.3, 0.4) is 0 Å². The van der Waals surface area contributed by atoms with Gasteiger partial charge in [-0.05, 0) is 63.8 Å². The number of halogens is 1. The summed E-state index contributed by atoms with van der Waals surface area (Å²) < 4.78 is 10.7. The normalized spacial score (nSPS) is 24.0. The van der Waals surface area contributed by atoms with Gasteiger partial charge in [0.1, 0.15) is 5.04 Å². The molecule has 2 atom stereocenters. The standard InChI is InChI=1S/C26H35ClN4O3S/c1-2-34-26(32)17-4-3-8-31(15-17)9-5-21-16-35-25(29-21)23-13-18-12-19(27)14-22(24(18)30-23)28-20-6-10-33-11-7-20/h12-14,17,20-21,28,30H,2-11,15-16H2,1H3/t17?,21-/m1/s1. The van der Waals surface area contributed by atoms with Crippen LogP contribution in [0.2, 0.25) is 5.02 Å². The first-order valence-electron chi connectivity index (χ1n) is 12.9. The first kappa shape index (κ1) is 24.9. The molecule has 7 nitrogen and oxygen atoms in total. The van der Waals surface area contributed by atoms with Crippen molar-refractivity contribution in [3.63, 3.8) is 0 Å². The van der Waals surface area contributed by atoms with Crippen LogP contribution in [0.4, 0.5) is 5.69 Å². The van der Waals surface area contributed by atoms with Crippen molar-refractivity contribution in [3.8, 4) is 0 Å². The van der Waals surface area contributed by atoms with E-state index in [1.54, 1.807) is 0 Å². The Morgan fingerprint density at radius 2 is 2.17 bits per heavy atom. The number of rotatable bonds is 8. The molecule has 3 aliphatic rings. The van der Waals surface area contributed by atoms with Gasteiger partial charge in [0.25, 0.3) is 0 Å². The molecule has 2 aromatic rings. The van der Waals surface area contributed by atoms with E-state index in [9.17, 15) is 4.79 Å². The highest BCUT2D eigenvalue weighted by Gasteiger charge is 2.28. The Hall–Kier alpha value is -1.74. The number of benzene rings is 1. The number of hydrogen-bond acceptors (Lipinski definition) is 7. The highest BCUT2D eigenvalue weighted by atomic mass is 35.5. The van der Waals surface area contributed by atoms with Gasteiger partial charge in [-0.3, -0.25) is 9.79 Å². The monoisotopic (exact) mass is 518 g/mol. The first-order chi connectivity index (χ1) is 17.1. The summed E-state index contributed by atoms with van der Waals surface area (Å²) in [4.78, 5) is 23.2. The minimum atomic E-state index is -0.0430. The fourth-order valence-electron chi connectivity index (χ4n) is 5.25. The zero-order valence-corrected chi connectivity index (χ0v) is 21.9. The zero-order valence-electron chi connectivity index (χ0n) is 20.4. The predicted octanol–water partition coefficient (Wildman–Crippen LogP) is 4.94. The summed E-state index contributed by atoms with van der Waals surface area (Å²) in [7, 11) is 0. The van der Waals surface area contributed by atoms with Crippen molar-refractivity contribution in [1.29, 1.82) is 0 Å². The lowest BCUT2D eigenvalue weighted by molar-refractivity contribution is -0.149. The van der Waals surface area contributed by atoms with Crippen LogP contribution >= 0.6 is 23.4 Å². The van der Waals surface area contributed by atoms with Crippen molar-refractivity contribution in [2.45, 2.75) is 51.1 Å². The van der Waals surface area contributed by atoms with E-state index in [1.807, 2.05) is 30.8 Å². The minimum absolute atomic E-state index is 0.0165. The number of thioether (sulfide) groups is 1. The minimum Gasteiger partial charge on any atom is -0.466 e. The molecule has 3 aliphatic heterocycles. The van der Waals surface area contributed by atoms with Gasteiger partial charge < -0.3 is 24.7 Å². The number of hydrogen-bond donors (Lipinski definition) is 2. The number of nitrogens with one attached hydrogen (secondary N) is 2. The molecule has 0 radical (unpaired) electrons. The van der Waals surface area contributed by atoms with E-state index in [4.69, 9.17) is 26.1 Å². The molecule has 0 saturated carbocycles. The SMILES string of the molecule is CCOC(=O)C1CCCN(CC[C@@H]2CSC(c3cc4cc(Cl)cc(NC5CCOCC5)c4[nH]3)=N2)C1. The molecule has 0 spiro atoms. The topological polar surface area (TPSA) is 79.0 Å². The maximum absolute atomic E-state index is 12.1. The van der Waals surface area contributed by atoms with E-state index < -0.39 is 0 Å². The van der Waals surface area contributed by atoms with E-state index in [0.717, 1.165) is 103 Å². The molecule has 2 fully saturated rings. The highest BCUT2D eigenvalue weighted by Crippen LogP contribution is 2.33. The average molecular weight is 519 g/mol. The summed E-state index contributed by atoms with van der Waals surface area (Å²) >= 11 is 8.27. The first-order valence-corrected chi connectivity index (χ1v) is 14.2. The van der Waals surface area contributed by atoms with E-state index >= 15 is 0 Å². The summed E-state index contributed by atoms with van der Waals surface area (Å²) in [6.45, 7) is 6.76. The van der Waals surface area contributed by atoms with Gasteiger partial charge in [0, 0.05) is 48.5 Å². The zero-order chi connectivity index (χ0) is 24.2. The number of aromatic nitrogens is 1. The Balaban J connectivity index is 1.22. The molecule has 1 aromatic heterocycles. The summed E-state index contributed by atoms with van der Waals surface area (Å²) in [5, 5.41) is 6.58. The number of likely N-dealkylation sites (tertiary alicyclic amines) is 1. The maximum atomic E-state index is 12.1. The molecule has 35 heavy (non-hydrogen) atoms. The Kier molecular flexibility index (Phi) is 8.22. The third kappa shape index (κ3) is 6.16. The molecule has 5 rings (SSSR count). The predicted molar refractivity (Wildman–Crippen MR) is 144 cm³/mol. The fraction of sp³-hybridized carbons (Fsp3) is 0.615. The van der Waals surface area contributed by atoms with E-state index in [2.05, 4.69) is 21.3 Å². The van der Waals surface area contributed by atoms with Gasteiger partial charge >= 0.3 is 5.97 Å². The lowest BCUT2D eigenvalue weighted by Gasteiger charge is -2.31. The van der Waals surface area contributed by atoms with Crippen molar-refractivity contribution in [2.24, 2.45) is 10.9 Å². The number of fused-ring (bicyclic) bond motifs is 1. The van der Waals surface area contributed by atoms with Crippen molar-refractivity contribution >= 4 is 51.0 Å². The molecule has 1 unspecified atom stereocenters. The third-order valence-electron chi connectivity index (χ3n) is 7.12. The molecule has 9 heteroatoms. The summed E-state index contributed by atoms with van der Waals surface area (Å²) in [5.74, 6) is 0.967. The van der Waals surface area contributed by atoms with E-state index in [0.29, 0.717) is 18.7 Å².